The Morgan fingerprint density at radius 3 is 3.00 bits per heavy atom. The molecule has 2 amide bonds. The van der Waals surface area contributed by atoms with Crippen molar-refractivity contribution in [1.82, 2.24) is 9.88 Å². The molecule has 1 aromatic carbocycles. The first-order chi connectivity index (χ1) is 14.1. The fourth-order valence-electron chi connectivity index (χ4n) is 3.59. The van der Waals surface area contributed by atoms with Gasteiger partial charge in [-0.1, -0.05) is 22.0 Å². The van der Waals surface area contributed by atoms with E-state index in [4.69, 9.17) is 9.47 Å². The third-order valence-electron chi connectivity index (χ3n) is 5.06. The van der Waals surface area contributed by atoms with E-state index < -0.39 is 0 Å². The normalized spacial score (nSPS) is 18.3. The number of hydrogen-bond donors (Lipinski definition) is 0. The van der Waals surface area contributed by atoms with Gasteiger partial charge in [0.05, 0.1) is 11.8 Å². The van der Waals surface area contributed by atoms with Gasteiger partial charge in [-0.2, -0.15) is 0 Å². The van der Waals surface area contributed by atoms with Crippen molar-refractivity contribution in [1.29, 1.82) is 0 Å². The zero-order chi connectivity index (χ0) is 20.2. The molecule has 8 heteroatoms. The van der Waals surface area contributed by atoms with Crippen LogP contribution in [0.5, 0.6) is 5.75 Å². The van der Waals surface area contributed by atoms with Crippen molar-refractivity contribution in [3.63, 3.8) is 0 Å². The third-order valence-corrected chi connectivity index (χ3v) is 5.55. The van der Waals surface area contributed by atoms with Crippen molar-refractivity contribution in [2.24, 2.45) is 0 Å². The molecule has 0 saturated carbocycles. The number of hydrogen-bond acceptors (Lipinski definition) is 5. The average molecular weight is 460 g/mol. The second kappa shape index (κ2) is 8.92. The minimum absolute atomic E-state index is 0.0271. The van der Waals surface area contributed by atoms with Crippen LogP contribution in [0.4, 0.5) is 5.69 Å². The number of halogens is 1. The summed E-state index contributed by atoms with van der Waals surface area (Å²) in [6.45, 7) is 1.54. The summed E-state index contributed by atoms with van der Waals surface area (Å²) >= 11 is 3.41. The van der Waals surface area contributed by atoms with Crippen LogP contribution in [-0.4, -0.2) is 54.1 Å². The Bertz CT molecular complexity index is 887. The van der Waals surface area contributed by atoms with E-state index in [2.05, 4.69) is 20.9 Å². The van der Waals surface area contributed by atoms with Gasteiger partial charge in [-0.25, -0.2) is 0 Å². The van der Waals surface area contributed by atoms with E-state index in [0.717, 1.165) is 29.5 Å². The Balaban J connectivity index is 1.53. The fourth-order valence-corrected chi connectivity index (χ4v) is 3.93. The molecule has 1 atom stereocenters. The highest BCUT2D eigenvalue weighted by Gasteiger charge is 2.30. The van der Waals surface area contributed by atoms with Crippen LogP contribution < -0.4 is 9.64 Å². The molecular formula is C21H22BrN3O4. The topological polar surface area (TPSA) is 72.0 Å². The number of aromatic nitrogens is 1. The quantitative estimate of drug-likeness (QED) is 0.663. The number of fused-ring (bicyclic) bond motifs is 1. The fraction of sp³-hybridized carbons (Fsp3) is 0.381. The lowest BCUT2D eigenvalue weighted by molar-refractivity contribution is -0.133. The molecule has 29 heavy (non-hydrogen) atoms. The SMILES string of the molecule is O=C(CN1C(=O)COc2cc(Br)ccc21)N(Cc1cccnc1)CC1CCCO1. The van der Waals surface area contributed by atoms with Gasteiger partial charge in [0.2, 0.25) is 5.91 Å². The second-order valence-electron chi connectivity index (χ2n) is 7.15. The number of anilines is 1. The van der Waals surface area contributed by atoms with Crippen LogP contribution in [-0.2, 0) is 20.9 Å². The average Bonchev–Trinajstić information content (AvgIpc) is 3.23. The van der Waals surface area contributed by atoms with Gasteiger partial charge < -0.3 is 14.4 Å². The molecule has 2 aliphatic heterocycles. The predicted molar refractivity (Wildman–Crippen MR) is 111 cm³/mol. The largest absolute Gasteiger partial charge is 0.482 e. The lowest BCUT2D eigenvalue weighted by Crippen LogP contribution is -2.47. The maximum atomic E-state index is 13.2. The van der Waals surface area contributed by atoms with Gasteiger partial charge in [0.25, 0.3) is 5.91 Å². The third kappa shape index (κ3) is 4.76. The van der Waals surface area contributed by atoms with Crippen molar-refractivity contribution in [3.8, 4) is 5.75 Å². The molecule has 3 heterocycles. The van der Waals surface area contributed by atoms with E-state index in [9.17, 15) is 9.59 Å². The van der Waals surface area contributed by atoms with Crippen LogP contribution in [0.2, 0.25) is 0 Å². The van der Waals surface area contributed by atoms with Crippen molar-refractivity contribution in [2.45, 2.75) is 25.5 Å². The highest BCUT2D eigenvalue weighted by molar-refractivity contribution is 9.10. The molecule has 1 saturated heterocycles. The molecule has 1 fully saturated rings. The summed E-state index contributed by atoms with van der Waals surface area (Å²) in [5.41, 5.74) is 1.55. The smallest absolute Gasteiger partial charge is 0.265 e. The van der Waals surface area contributed by atoms with Gasteiger partial charge >= 0.3 is 0 Å². The van der Waals surface area contributed by atoms with Crippen molar-refractivity contribution >= 4 is 33.4 Å². The first-order valence-electron chi connectivity index (χ1n) is 9.61. The minimum Gasteiger partial charge on any atom is -0.482 e. The van der Waals surface area contributed by atoms with Gasteiger partial charge in [-0.3, -0.25) is 19.5 Å². The van der Waals surface area contributed by atoms with Gasteiger partial charge in [-0.15, -0.1) is 0 Å². The van der Waals surface area contributed by atoms with Crippen LogP contribution >= 0.6 is 15.9 Å². The number of pyridine rings is 1. The van der Waals surface area contributed by atoms with E-state index in [1.807, 2.05) is 18.2 Å². The monoisotopic (exact) mass is 459 g/mol. The van der Waals surface area contributed by atoms with Crippen LogP contribution in [0.25, 0.3) is 0 Å². The van der Waals surface area contributed by atoms with Crippen LogP contribution in [0.1, 0.15) is 18.4 Å². The zero-order valence-corrected chi connectivity index (χ0v) is 17.5. The Morgan fingerprint density at radius 2 is 2.24 bits per heavy atom. The summed E-state index contributed by atoms with van der Waals surface area (Å²) in [4.78, 5) is 33.1. The van der Waals surface area contributed by atoms with E-state index >= 15 is 0 Å². The summed E-state index contributed by atoms with van der Waals surface area (Å²) in [7, 11) is 0. The number of rotatable bonds is 6. The number of carbonyl (C=O) groups excluding carboxylic acids is 2. The Hall–Kier alpha value is -2.45. The summed E-state index contributed by atoms with van der Waals surface area (Å²) in [6, 6.07) is 9.21. The lowest BCUT2D eigenvalue weighted by Gasteiger charge is -2.32. The molecule has 7 nitrogen and oxygen atoms in total. The number of carbonyl (C=O) groups is 2. The number of benzene rings is 1. The first kappa shape index (κ1) is 19.8. The Kier molecular flexibility index (Phi) is 6.10. The molecule has 1 aromatic heterocycles. The molecular weight excluding hydrogens is 438 g/mol. The number of ether oxygens (including phenoxy) is 2. The van der Waals surface area contributed by atoms with Crippen LogP contribution in [0, 0.1) is 0 Å². The maximum absolute atomic E-state index is 13.2. The molecule has 2 aliphatic rings. The van der Waals surface area contributed by atoms with Crippen LogP contribution in [0.15, 0.2) is 47.2 Å². The molecule has 152 valence electrons. The molecule has 0 spiro atoms. The predicted octanol–water partition coefficient (Wildman–Crippen LogP) is 2.78. The summed E-state index contributed by atoms with van der Waals surface area (Å²) in [5.74, 6) is 0.227. The van der Waals surface area contributed by atoms with Crippen molar-refractivity contribution in [2.75, 3.05) is 31.2 Å². The summed E-state index contributed by atoms with van der Waals surface area (Å²) < 4.78 is 12.1. The molecule has 1 unspecified atom stereocenters. The van der Waals surface area contributed by atoms with Gasteiger partial charge in [0.1, 0.15) is 12.3 Å². The second-order valence-corrected chi connectivity index (χ2v) is 8.07. The van der Waals surface area contributed by atoms with Gasteiger partial charge in [-0.05, 0) is 42.7 Å². The van der Waals surface area contributed by atoms with E-state index in [0.29, 0.717) is 24.5 Å². The molecule has 0 radical (unpaired) electrons. The lowest BCUT2D eigenvalue weighted by atomic mass is 10.2. The van der Waals surface area contributed by atoms with E-state index in [-0.39, 0.29) is 31.1 Å². The van der Waals surface area contributed by atoms with Gasteiger partial charge in [0, 0.05) is 36.6 Å². The standard InChI is InChI=1S/C21H22BrN3O4/c22-16-5-6-18-19(9-16)29-14-21(27)25(18)13-20(26)24(12-17-4-2-8-28-17)11-15-3-1-7-23-10-15/h1,3,5-7,9-10,17H,2,4,8,11-14H2. The Morgan fingerprint density at radius 1 is 1.34 bits per heavy atom. The number of amides is 2. The van der Waals surface area contributed by atoms with Gasteiger partial charge in [0.15, 0.2) is 6.61 Å². The number of nitrogens with zero attached hydrogens (tertiary/aromatic N) is 3. The minimum atomic E-state index is -0.230. The van der Waals surface area contributed by atoms with Crippen LogP contribution in [0.3, 0.4) is 0 Å². The molecule has 0 N–H and O–H groups in total. The molecule has 2 aromatic rings. The Labute approximate surface area is 177 Å². The zero-order valence-electron chi connectivity index (χ0n) is 15.9. The summed E-state index contributed by atoms with van der Waals surface area (Å²) in [5, 5.41) is 0. The summed E-state index contributed by atoms with van der Waals surface area (Å²) in [6.07, 6.45) is 5.42. The maximum Gasteiger partial charge on any atom is 0.265 e. The highest BCUT2D eigenvalue weighted by atomic mass is 79.9. The molecule has 4 rings (SSSR count). The van der Waals surface area contributed by atoms with E-state index in [1.54, 1.807) is 29.4 Å². The molecule has 0 aliphatic carbocycles. The van der Waals surface area contributed by atoms with Crippen molar-refractivity contribution < 1.29 is 19.1 Å². The van der Waals surface area contributed by atoms with Crippen molar-refractivity contribution in [3.05, 3.63) is 52.8 Å². The highest BCUT2D eigenvalue weighted by Crippen LogP contribution is 2.34. The first-order valence-corrected chi connectivity index (χ1v) is 10.4. The van der Waals surface area contributed by atoms with E-state index in [1.165, 1.54) is 4.90 Å². The molecule has 0 bridgehead atoms.